The van der Waals surface area contributed by atoms with Gasteiger partial charge in [-0.15, -0.1) is 0 Å². The molecule has 1 N–H and O–H groups in total. The van der Waals surface area contributed by atoms with Gasteiger partial charge in [0.15, 0.2) is 0 Å². The van der Waals surface area contributed by atoms with E-state index in [1.807, 2.05) is 0 Å². The van der Waals surface area contributed by atoms with Gasteiger partial charge in [-0.2, -0.15) is 18.2 Å². The Morgan fingerprint density at radius 2 is 2.10 bits per heavy atom. The van der Waals surface area contributed by atoms with Crippen LogP contribution in [0.4, 0.5) is 13.2 Å². The minimum atomic E-state index is -4.47. The molecule has 0 aliphatic carbocycles. The fourth-order valence-corrected chi connectivity index (χ4v) is 2.49. The molecular formula is C13H11BrF3N3O. The number of benzene rings is 1. The molecule has 1 aliphatic rings. The summed E-state index contributed by atoms with van der Waals surface area (Å²) in [5.41, 5.74) is -0.859. The van der Waals surface area contributed by atoms with E-state index in [1.54, 1.807) is 0 Å². The number of nitrogens with one attached hydrogen (secondary N) is 1. The van der Waals surface area contributed by atoms with Crippen LogP contribution in [0.1, 0.15) is 11.5 Å². The second kappa shape index (κ2) is 5.42. The Hall–Kier alpha value is -1.41. The fourth-order valence-electron chi connectivity index (χ4n) is 2.13. The molecule has 0 radical (unpaired) electrons. The van der Waals surface area contributed by atoms with Gasteiger partial charge in [0.25, 0.3) is 0 Å². The molecule has 3 rings (SSSR count). The molecule has 1 saturated heterocycles. The summed E-state index contributed by atoms with van der Waals surface area (Å²) in [6.07, 6.45) is -3.89. The molecule has 0 amide bonds. The van der Waals surface area contributed by atoms with E-state index in [4.69, 9.17) is 4.52 Å². The number of rotatable bonds is 3. The van der Waals surface area contributed by atoms with Gasteiger partial charge in [0.05, 0.1) is 5.56 Å². The summed E-state index contributed by atoms with van der Waals surface area (Å²) in [5.74, 6) is 0.745. The van der Waals surface area contributed by atoms with E-state index < -0.39 is 11.7 Å². The highest BCUT2D eigenvalue weighted by Crippen LogP contribution is 2.37. The lowest BCUT2D eigenvalue weighted by molar-refractivity contribution is -0.137. The molecule has 1 aliphatic heterocycles. The van der Waals surface area contributed by atoms with Gasteiger partial charge in [-0.1, -0.05) is 21.1 Å². The van der Waals surface area contributed by atoms with Crippen molar-refractivity contribution in [2.45, 2.75) is 12.6 Å². The van der Waals surface area contributed by atoms with E-state index in [0.29, 0.717) is 22.7 Å². The number of hydrogen-bond donors (Lipinski definition) is 1. The maximum absolute atomic E-state index is 13.1. The van der Waals surface area contributed by atoms with Crippen molar-refractivity contribution in [2.24, 2.45) is 5.92 Å². The van der Waals surface area contributed by atoms with Crippen LogP contribution in [-0.4, -0.2) is 23.2 Å². The summed E-state index contributed by atoms with van der Waals surface area (Å²) < 4.78 is 44.6. The van der Waals surface area contributed by atoms with Gasteiger partial charge >= 0.3 is 6.18 Å². The van der Waals surface area contributed by atoms with Crippen LogP contribution in [0.15, 0.2) is 27.2 Å². The zero-order valence-electron chi connectivity index (χ0n) is 10.7. The molecule has 2 aromatic rings. The van der Waals surface area contributed by atoms with Crippen molar-refractivity contribution >= 4 is 15.9 Å². The quantitative estimate of drug-likeness (QED) is 0.911. The maximum atomic E-state index is 13.1. The molecule has 0 saturated carbocycles. The van der Waals surface area contributed by atoms with Crippen LogP contribution in [0, 0.1) is 5.92 Å². The summed E-state index contributed by atoms with van der Waals surface area (Å²) in [5, 5.41) is 6.79. The molecule has 0 bridgehead atoms. The van der Waals surface area contributed by atoms with E-state index in [2.05, 4.69) is 31.4 Å². The highest BCUT2D eigenvalue weighted by molar-refractivity contribution is 9.10. The van der Waals surface area contributed by atoms with Gasteiger partial charge in [0.1, 0.15) is 0 Å². The van der Waals surface area contributed by atoms with Gasteiger partial charge in [-0.05, 0) is 37.2 Å². The molecule has 0 spiro atoms. The van der Waals surface area contributed by atoms with Crippen LogP contribution < -0.4 is 5.32 Å². The lowest BCUT2D eigenvalue weighted by Crippen LogP contribution is -2.43. The summed E-state index contributed by atoms with van der Waals surface area (Å²) in [4.78, 5) is 4.09. The molecule has 21 heavy (non-hydrogen) atoms. The minimum absolute atomic E-state index is 0.0305. The molecule has 1 fully saturated rings. The van der Waals surface area contributed by atoms with Gasteiger partial charge < -0.3 is 9.84 Å². The number of halogens is 4. The Kier molecular flexibility index (Phi) is 3.75. The average Bonchev–Trinajstić information content (AvgIpc) is 2.81. The van der Waals surface area contributed by atoms with Crippen LogP contribution in [0.3, 0.4) is 0 Å². The SMILES string of the molecule is FC(F)(F)c1cc(Br)ccc1-c1noc(CC2CNC2)n1. The minimum Gasteiger partial charge on any atom is -0.339 e. The van der Waals surface area contributed by atoms with Crippen LogP contribution in [0.5, 0.6) is 0 Å². The normalized spacial score (nSPS) is 16.0. The zero-order chi connectivity index (χ0) is 15.0. The number of alkyl halides is 3. The molecule has 8 heteroatoms. The van der Waals surface area contributed by atoms with E-state index in [0.717, 1.165) is 19.2 Å². The van der Waals surface area contributed by atoms with Crippen LogP contribution in [0.2, 0.25) is 0 Å². The van der Waals surface area contributed by atoms with Gasteiger partial charge in [0, 0.05) is 16.5 Å². The second-order valence-electron chi connectivity index (χ2n) is 4.93. The third-order valence-corrected chi connectivity index (χ3v) is 3.82. The molecule has 4 nitrogen and oxygen atoms in total. The molecule has 112 valence electrons. The predicted octanol–water partition coefficient (Wildman–Crippen LogP) is 3.28. The molecule has 1 aromatic carbocycles. The molecule has 2 heterocycles. The first-order valence-electron chi connectivity index (χ1n) is 6.34. The third-order valence-electron chi connectivity index (χ3n) is 3.33. The van der Waals surface area contributed by atoms with E-state index in [9.17, 15) is 13.2 Å². The topological polar surface area (TPSA) is 51.0 Å². The smallest absolute Gasteiger partial charge is 0.339 e. The number of nitrogens with zero attached hydrogens (tertiary/aromatic N) is 2. The fraction of sp³-hybridized carbons (Fsp3) is 0.385. The van der Waals surface area contributed by atoms with Crippen molar-refractivity contribution in [3.63, 3.8) is 0 Å². The van der Waals surface area contributed by atoms with Crippen molar-refractivity contribution in [3.05, 3.63) is 34.1 Å². The van der Waals surface area contributed by atoms with Crippen LogP contribution in [-0.2, 0) is 12.6 Å². The molecular weight excluding hydrogens is 351 g/mol. The maximum Gasteiger partial charge on any atom is 0.417 e. The van der Waals surface area contributed by atoms with Crippen LogP contribution in [0.25, 0.3) is 11.4 Å². The number of hydrogen-bond acceptors (Lipinski definition) is 4. The first-order valence-corrected chi connectivity index (χ1v) is 7.13. The first kappa shape index (κ1) is 14.5. The Balaban J connectivity index is 1.92. The Morgan fingerprint density at radius 1 is 1.33 bits per heavy atom. The Labute approximate surface area is 126 Å². The monoisotopic (exact) mass is 361 g/mol. The van der Waals surface area contributed by atoms with Gasteiger partial charge in [-0.3, -0.25) is 0 Å². The van der Waals surface area contributed by atoms with Crippen molar-refractivity contribution < 1.29 is 17.7 Å². The van der Waals surface area contributed by atoms with Crippen molar-refractivity contribution in [1.82, 2.24) is 15.5 Å². The van der Waals surface area contributed by atoms with Crippen molar-refractivity contribution in [1.29, 1.82) is 0 Å². The summed E-state index contributed by atoms with van der Waals surface area (Å²) in [6, 6.07) is 3.88. The Morgan fingerprint density at radius 3 is 2.71 bits per heavy atom. The zero-order valence-corrected chi connectivity index (χ0v) is 12.3. The van der Waals surface area contributed by atoms with E-state index in [1.165, 1.54) is 12.1 Å². The molecule has 0 unspecified atom stereocenters. The molecule has 0 atom stereocenters. The largest absolute Gasteiger partial charge is 0.417 e. The summed E-state index contributed by atoms with van der Waals surface area (Å²) in [7, 11) is 0. The average molecular weight is 362 g/mol. The molecule has 1 aromatic heterocycles. The summed E-state index contributed by atoms with van der Waals surface area (Å²) in [6.45, 7) is 1.73. The van der Waals surface area contributed by atoms with Crippen molar-refractivity contribution in [3.8, 4) is 11.4 Å². The summed E-state index contributed by atoms with van der Waals surface area (Å²) >= 11 is 3.05. The van der Waals surface area contributed by atoms with E-state index >= 15 is 0 Å². The van der Waals surface area contributed by atoms with Gasteiger partial charge in [0.2, 0.25) is 11.7 Å². The number of aromatic nitrogens is 2. The third kappa shape index (κ3) is 3.11. The van der Waals surface area contributed by atoms with Crippen LogP contribution >= 0.6 is 15.9 Å². The second-order valence-corrected chi connectivity index (χ2v) is 5.84. The lowest BCUT2D eigenvalue weighted by atomic mass is 10.00. The van der Waals surface area contributed by atoms with E-state index in [-0.39, 0.29) is 11.4 Å². The standard InChI is InChI=1S/C13H11BrF3N3O/c14-8-1-2-9(10(4-8)13(15,16)17)12-19-11(21-20-12)3-7-5-18-6-7/h1-2,4,7,18H,3,5-6H2. The first-order chi connectivity index (χ1) is 9.93. The predicted molar refractivity (Wildman–Crippen MR) is 72.5 cm³/mol. The highest BCUT2D eigenvalue weighted by Gasteiger charge is 2.35. The highest BCUT2D eigenvalue weighted by atomic mass is 79.9. The van der Waals surface area contributed by atoms with Crippen molar-refractivity contribution in [2.75, 3.05) is 13.1 Å². The Bertz CT molecular complexity index is 652. The lowest BCUT2D eigenvalue weighted by Gasteiger charge is -2.25. The van der Waals surface area contributed by atoms with Gasteiger partial charge in [-0.25, -0.2) is 0 Å².